The molecule has 0 spiro atoms. The maximum Gasteiger partial charge on any atom is 0.276 e. The maximum atomic E-state index is 12.5. The van der Waals surface area contributed by atoms with Gasteiger partial charge in [0.25, 0.3) is 5.91 Å². The molecule has 2 aromatic heterocycles. The number of aromatic amines is 1. The van der Waals surface area contributed by atoms with E-state index in [0.717, 1.165) is 30.8 Å². The molecule has 0 unspecified atom stereocenters. The number of carbonyl (C=O) groups excluding carboxylic acids is 2. The maximum absolute atomic E-state index is 12.5. The summed E-state index contributed by atoms with van der Waals surface area (Å²) in [4.78, 5) is 30.2. The highest BCUT2D eigenvalue weighted by molar-refractivity contribution is 6.04. The zero-order chi connectivity index (χ0) is 17.2. The minimum Gasteiger partial charge on any atom is -0.353 e. The topological polar surface area (TPSA) is 115 Å². The monoisotopic (exact) mass is 341 g/mol. The van der Waals surface area contributed by atoms with E-state index in [9.17, 15) is 9.59 Å². The predicted molar refractivity (Wildman–Crippen MR) is 91.4 cm³/mol. The Morgan fingerprint density at radius 3 is 3.00 bits per heavy atom. The lowest BCUT2D eigenvalue weighted by Crippen LogP contribution is -2.48. The highest BCUT2D eigenvalue weighted by Crippen LogP contribution is 2.18. The summed E-state index contributed by atoms with van der Waals surface area (Å²) in [5.74, 6) is 0.449. The predicted octanol–water partition coefficient (Wildman–Crippen LogP) is -0.361. The number of aromatic nitrogens is 3. The number of pyridine rings is 1. The first-order chi connectivity index (χ1) is 12.2. The highest BCUT2D eigenvalue weighted by atomic mass is 16.2. The fraction of sp³-hybridized carbons (Fsp3) is 0.375. The first-order valence-electron chi connectivity index (χ1n) is 8.26. The Hall–Kier alpha value is -2.94. The number of nitrogens with one attached hydrogen (secondary N) is 4. The van der Waals surface area contributed by atoms with Gasteiger partial charge >= 0.3 is 0 Å². The van der Waals surface area contributed by atoms with Gasteiger partial charge in [-0.2, -0.15) is 5.10 Å². The minimum atomic E-state index is -0.256. The van der Waals surface area contributed by atoms with Gasteiger partial charge in [0.1, 0.15) is 5.82 Å². The van der Waals surface area contributed by atoms with Crippen molar-refractivity contribution in [3.8, 4) is 0 Å². The number of anilines is 2. The molecule has 9 nitrogen and oxygen atoms in total. The van der Waals surface area contributed by atoms with E-state index < -0.39 is 0 Å². The van der Waals surface area contributed by atoms with Crippen molar-refractivity contribution >= 4 is 23.3 Å². The van der Waals surface area contributed by atoms with Crippen LogP contribution in [0.25, 0.3) is 0 Å². The van der Waals surface area contributed by atoms with Gasteiger partial charge in [0.05, 0.1) is 18.4 Å². The van der Waals surface area contributed by atoms with Crippen LogP contribution in [0.4, 0.5) is 11.5 Å². The number of amides is 2. The molecule has 0 radical (unpaired) electrons. The van der Waals surface area contributed by atoms with Crippen LogP contribution in [-0.2, 0) is 17.8 Å². The number of hydrogen-bond donors (Lipinski definition) is 4. The molecule has 0 bridgehead atoms. The number of rotatable bonds is 3. The molecule has 4 N–H and O–H groups in total. The molecule has 4 rings (SSSR count). The van der Waals surface area contributed by atoms with Crippen LogP contribution in [0.1, 0.15) is 21.7 Å². The molecule has 2 aliphatic heterocycles. The van der Waals surface area contributed by atoms with Crippen molar-refractivity contribution in [1.29, 1.82) is 0 Å². The second-order valence-corrected chi connectivity index (χ2v) is 6.09. The van der Waals surface area contributed by atoms with E-state index >= 15 is 0 Å². The van der Waals surface area contributed by atoms with Crippen LogP contribution in [0.15, 0.2) is 18.3 Å². The number of nitrogens with zero attached hydrogens (tertiary/aromatic N) is 3. The van der Waals surface area contributed by atoms with Crippen molar-refractivity contribution in [1.82, 2.24) is 25.8 Å². The van der Waals surface area contributed by atoms with Crippen LogP contribution in [0.2, 0.25) is 0 Å². The van der Waals surface area contributed by atoms with Gasteiger partial charge in [0.2, 0.25) is 5.91 Å². The number of piperazine rings is 1. The summed E-state index contributed by atoms with van der Waals surface area (Å²) in [6, 6.07) is 3.58. The van der Waals surface area contributed by atoms with Gasteiger partial charge in [-0.25, -0.2) is 4.98 Å². The van der Waals surface area contributed by atoms with E-state index in [4.69, 9.17) is 0 Å². The minimum absolute atomic E-state index is 0.0117. The summed E-state index contributed by atoms with van der Waals surface area (Å²) in [7, 11) is 0. The Kier molecular flexibility index (Phi) is 4.06. The van der Waals surface area contributed by atoms with Crippen molar-refractivity contribution in [2.24, 2.45) is 0 Å². The van der Waals surface area contributed by atoms with Crippen LogP contribution in [-0.4, -0.2) is 53.2 Å². The van der Waals surface area contributed by atoms with E-state index in [2.05, 4.69) is 31.1 Å². The molecule has 25 heavy (non-hydrogen) atoms. The molecule has 0 aliphatic carbocycles. The van der Waals surface area contributed by atoms with Gasteiger partial charge in [-0.15, -0.1) is 0 Å². The lowest BCUT2D eigenvalue weighted by Gasteiger charge is -2.27. The van der Waals surface area contributed by atoms with Gasteiger partial charge in [-0.1, -0.05) is 0 Å². The molecule has 2 amide bonds. The van der Waals surface area contributed by atoms with Crippen molar-refractivity contribution in [3.05, 3.63) is 35.3 Å². The zero-order valence-corrected chi connectivity index (χ0v) is 13.6. The lowest BCUT2D eigenvalue weighted by molar-refractivity contribution is -0.120. The largest absolute Gasteiger partial charge is 0.353 e. The average Bonchev–Trinajstić information content (AvgIpc) is 3.06. The van der Waals surface area contributed by atoms with E-state index in [0.29, 0.717) is 36.8 Å². The van der Waals surface area contributed by atoms with Crippen LogP contribution in [0.3, 0.4) is 0 Å². The van der Waals surface area contributed by atoms with Crippen LogP contribution in [0.5, 0.6) is 0 Å². The Morgan fingerprint density at radius 2 is 2.20 bits per heavy atom. The fourth-order valence-electron chi connectivity index (χ4n) is 3.08. The number of carbonyl (C=O) groups is 2. The Balaban J connectivity index is 1.45. The first kappa shape index (κ1) is 15.6. The third-order valence-corrected chi connectivity index (χ3v) is 4.39. The van der Waals surface area contributed by atoms with Gasteiger partial charge in [0, 0.05) is 43.9 Å². The summed E-state index contributed by atoms with van der Waals surface area (Å²) >= 11 is 0. The van der Waals surface area contributed by atoms with E-state index in [-0.39, 0.29) is 11.8 Å². The number of H-pyrrole nitrogens is 1. The third-order valence-electron chi connectivity index (χ3n) is 4.39. The summed E-state index contributed by atoms with van der Waals surface area (Å²) in [5, 5.41) is 15.9. The van der Waals surface area contributed by atoms with Crippen molar-refractivity contribution in [3.63, 3.8) is 0 Å². The average molecular weight is 341 g/mol. The molecule has 1 fully saturated rings. The molecule has 130 valence electrons. The van der Waals surface area contributed by atoms with E-state index in [1.165, 1.54) is 0 Å². The smallest absolute Gasteiger partial charge is 0.276 e. The van der Waals surface area contributed by atoms with Crippen molar-refractivity contribution in [2.75, 3.05) is 36.4 Å². The van der Waals surface area contributed by atoms with Crippen LogP contribution < -0.4 is 20.9 Å². The van der Waals surface area contributed by atoms with Gasteiger partial charge in [-0.3, -0.25) is 14.7 Å². The molecular formula is C16H19N7O2. The summed E-state index contributed by atoms with van der Waals surface area (Å²) in [6.07, 6.45) is 2.44. The van der Waals surface area contributed by atoms with E-state index in [1.54, 1.807) is 18.3 Å². The molecule has 0 atom stereocenters. The summed E-state index contributed by atoms with van der Waals surface area (Å²) in [5.41, 5.74) is 2.95. The highest BCUT2D eigenvalue weighted by Gasteiger charge is 2.22. The SMILES string of the molecule is O=C1CN(c2ccc(NC(=O)c3n[nH]c4c3CNCC4)cn2)CCN1. The van der Waals surface area contributed by atoms with Crippen LogP contribution in [0, 0.1) is 0 Å². The second-order valence-electron chi connectivity index (χ2n) is 6.09. The molecule has 2 aromatic rings. The molecular weight excluding hydrogens is 322 g/mol. The number of fused-ring (bicyclic) bond motifs is 1. The van der Waals surface area contributed by atoms with Crippen molar-refractivity contribution in [2.45, 2.75) is 13.0 Å². The normalized spacial score (nSPS) is 17.0. The van der Waals surface area contributed by atoms with Crippen LogP contribution >= 0.6 is 0 Å². The summed E-state index contributed by atoms with van der Waals surface area (Å²) < 4.78 is 0. The third kappa shape index (κ3) is 3.18. The summed E-state index contributed by atoms with van der Waals surface area (Å²) in [6.45, 7) is 3.15. The Labute approximate surface area is 144 Å². The fourth-order valence-corrected chi connectivity index (χ4v) is 3.08. The quantitative estimate of drug-likeness (QED) is 0.606. The number of hydrogen-bond acceptors (Lipinski definition) is 6. The second kappa shape index (κ2) is 6.52. The lowest BCUT2D eigenvalue weighted by atomic mass is 10.1. The van der Waals surface area contributed by atoms with Gasteiger partial charge < -0.3 is 20.9 Å². The Bertz CT molecular complexity index is 799. The zero-order valence-electron chi connectivity index (χ0n) is 13.6. The van der Waals surface area contributed by atoms with Gasteiger partial charge in [-0.05, 0) is 12.1 Å². The molecule has 9 heteroatoms. The Morgan fingerprint density at radius 1 is 1.28 bits per heavy atom. The van der Waals surface area contributed by atoms with E-state index in [1.807, 2.05) is 4.90 Å². The molecule has 4 heterocycles. The molecule has 0 aromatic carbocycles. The standard InChI is InChI=1S/C16H19N7O2/c24-14-9-23(6-5-18-14)13-2-1-10(7-19-13)20-16(25)15-11-8-17-4-3-12(11)21-22-15/h1-2,7,17H,3-6,8-9H2,(H,18,24)(H,20,25)(H,21,22). The molecule has 1 saturated heterocycles. The molecule has 0 saturated carbocycles. The van der Waals surface area contributed by atoms with Crippen molar-refractivity contribution < 1.29 is 9.59 Å². The molecule has 2 aliphatic rings. The first-order valence-corrected chi connectivity index (χ1v) is 8.26. The van der Waals surface area contributed by atoms with Gasteiger partial charge in [0.15, 0.2) is 5.69 Å².